The van der Waals surface area contributed by atoms with Crippen molar-refractivity contribution in [3.8, 4) is 0 Å². The van der Waals surface area contributed by atoms with Crippen molar-refractivity contribution in [2.75, 3.05) is 27.3 Å². The minimum atomic E-state index is 0.174. The van der Waals surface area contributed by atoms with E-state index in [2.05, 4.69) is 43.0 Å². The summed E-state index contributed by atoms with van der Waals surface area (Å²) in [5, 5.41) is 0. The van der Waals surface area contributed by atoms with Crippen molar-refractivity contribution in [1.29, 1.82) is 0 Å². The first-order chi connectivity index (χ1) is 7.34. The molecule has 0 saturated heterocycles. The predicted molar refractivity (Wildman–Crippen MR) is 68.2 cm³/mol. The lowest BCUT2D eigenvalue weighted by atomic mass is 9.87. The van der Waals surface area contributed by atoms with Gasteiger partial charge >= 0.3 is 0 Å². The molecule has 0 bridgehead atoms. The second-order valence-electron chi connectivity index (χ2n) is 5.00. The van der Waals surface area contributed by atoms with Gasteiger partial charge in [0.2, 0.25) is 5.96 Å². The normalized spacial score (nSPS) is 14.8. The number of nitrogens with one attached hydrogen (secondary N) is 1. The zero-order chi connectivity index (χ0) is 12.8. The van der Waals surface area contributed by atoms with Crippen LogP contribution in [0.1, 0.15) is 27.7 Å². The van der Waals surface area contributed by atoms with E-state index in [4.69, 9.17) is 10.6 Å². The maximum atomic E-state index is 5.47. The van der Waals surface area contributed by atoms with Crippen LogP contribution in [0.2, 0.25) is 0 Å². The van der Waals surface area contributed by atoms with Gasteiger partial charge in [-0.3, -0.25) is 5.43 Å². The summed E-state index contributed by atoms with van der Waals surface area (Å²) < 4.78 is 4.95. The number of methoxy groups -OCH3 is 1. The Bertz CT molecular complexity index is 223. The van der Waals surface area contributed by atoms with Gasteiger partial charge in [0, 0.05) is 20.2 Å². The standard InChI is InChI=1S/C11H26N4O/c1-9(11(2,3)4)15(5)10(14-12)13-7-8-16-6/h9H,7-8,12H2,1-6H3,(H,13,14). The number of hydrogen-bond donors (Lipinski definition) is 2. The van der Waals surface area contributed by atoms with E-state index in [1.165, 1.54) is 0 Å². The van der Waals surface area contributed by atoms with Crippen molar-refractivity contribution in [2.24, 2.45) is 16.3 Å². The predicted octanol–water partition coefficient (Wildman–Crippen LogP) is 0.819. The molecule has 0 rings (SSSR count). The molecule has 3 N–H and O–H groups in total. The number of ether oxygens (including phenoxy) is 1. The first kappa shape index (κ1) is 15.2. The molecule has 0 aromatic carbocycles. The highest BCUT2D eigenvalue weighted by Gasteiger charge is 2.25. The molecule has 0 radical (unpaired) electrons. The highest BCUT2D eigenvalue weighted by molar-refractivity contribution is 5.79. The van der Waals surface area contributed by atoms with Crippen molar-refractivity contribution in [3.63, 3.8) is 0 Å². The van der Waals surface area contributed by atoms with Crippen molar-refractivity contribution in [1.82, 2.24) is 10.3 Å². The van der Waals surface area contributed by atoms with Gasteiger partial charge in [-0.2, -0.15) is 0 Å². The number of nitrogens with two attached hydrogens (primary N) is 1. The fourth-order valence-electron chi connectivity index (χ4n) is 1.27. The quantitative estimate of drug-likeness (QED) is 0.247. The Kier molecular flexibility index (Phi) is 6.36. The maximum Gasteiger partial charge on any atom is 0.208 e. The monoisotopic (exact) mass is 230 g/mol. The van der Waals surface area contributed by atoms with E-state index in [0.29, 0.717) is 25.2 Å². The lowest BCUT2D eigenvalue weighted by Crippen LogP contribution is -2.50. The van der Waals surface area contributed by atoms with Gasteiger partial charge in [-0.15, -0.1) is 0 Å². The molecule has 0 aliphatic heterocycles. The van der Waals surface area contributed by atoms with Crippen LogP contribution in [-0.4, -0.2) is 44.2 Å². The fourth-order valence-corrected chi connectivity index (χ4v) is 1.27. The Morgan fingerprint density at radius 2 is 2.06 bits per heavy atom. The second-order valence-corrected chi connectivity index (χ2v) is 5.00. The molecule has 0 aromatic rings. The fraction of sp³-hybridized carbons (Fsp3) is 0.909. The lowest BCUT2D eigenvalue weighted by Gasteiger charge is -2.36. The van der Waals surface area contributed by atoms with Gasteiger partial charge in [-0.1, -0.05) is 20.8 Å². The second kappa shape index (κ2) is 6.70. The van der Waals surface area contributed by atoms with Crippen LogP contribution in [0.15, 0.2) is 4.99 Å². The third kappa shape index (κ3) is 4.81. The summed E-state index contributed by atoms with van der Waals surface area (Å²) in [6.45, 7) is 9.94. The Hall–Kier alpha value is -0.810. The molecule has 96 valence electrons. The van der Waals surface area contributed by atoms with Gasteiger partial charge < -0.3 is 9.64 Å². The molecule has 16 heavy (non-hydrogen) atoms. The molecular formula is C11H26N4O. The molecule has 0 spiro atoms. The Balaban J connectivity index is 4.52. The molecule has 0 fully saturated rings. The summed E-state index contributed by atoms with van der Waals surface area (Å²) in [4.78, 5) is 6.40. The van der Waals surface area contributed by atoms with Crippen LogP contribution in [0.3, 0.4) is 0 Å². The van der Waals surface area contributed by atoms with Gasteiger partial charge in [0.25, 0.3) is 0 Å². The molecule has 0 saturated carbocycles. The topological polar surface area (TPSA) is 62.9 Å². The minimum Gasteiger partial charge on any atom is -0.383 e. The zero-order valence-corrected chi connectivity index (χ0v) is 11.4. The van der Waals surface area contributed by atoms with Crippen LogP contribution >= 0.6 is 0 Å². The van der Waals surface area contributed by atoms with Gasteiger partial charge in [-0.05, 0) is 12.3 Å². The SMILES string of the molecule is COCCN=C(NN)N(C)C(C)C(C)(C)C. The summed E-state index contributed by atoms with van der Waals surface area (Å²) in [5.74, 6) is 6.17. The summed E-state index contributed by atoms with van der Waals surface area (Å²) >= 11 is 0. The van der Waals surface area contributed by atoms with Crippen LogP contribution in [0.25, 0.3) is 0 Å². The van der Waals surface area contributed by atoms with Gasteiger partial charge in [-0.25, -0.2) is 10.8 Å². The molecule has 5 heteroatoms. The number of aliphatic imine (C=N–C) groups is 1. The Morgan fingerprint density at radius 1 is 1.50 bits per heavy atom. The number of nitrogens with zero attached hydrogens (tertiary/aromatic N) is 2. The van der Waals surface area contributed by atoms with Gasteiger partial charge in [0.1, 0.15) is 0 Å². The lowest BCUT2D eigenvalue weighted by molar-refractivity contribution is 0.198. The van der Waals surface area contributed by atoms with Crippen molar-refractivity contribution in [3.05, 3.63) is 0 Å². The smallest absolute Gasteiger partial charge is 0.208 e. The van der Waals surface area contributed by atoms with Crippen LogP contribution in [0.5, 0.6) is 0 Å². The number of rotatable bonds is 4. The van der Waals surface area contributed by atoms with Crippen LogP contribution in [0.4, 0.5) is 0 Å². The third-order valence-corrected chi connectivity index (χ3v) is 2.85. The van der Waals surface area contributed by atoms with E-state index in [1.807, 2.05) is 7.05 Å². The van der Waals surface area contributed by atoms with E-state index in [1.54, 1.807) is 7.11 Å². The Labute approximate surface area is 99.0 Å². The molecule has 0 aliphatic carbocycles. The zero-order valence-electron chi connectivity index (χ0n) is 11.4. The van der Waals surface area contributed by atoms with Gasteiger partial charge in [0.05, 0.1) is 13.2 Å². The summed E-state index contributed by atoms with van der Waals surface area (Å²) in [6.07, 6.45) is 0. The highest BCUT2D eigenvalue weighted by Crippen LogP contribution is 2.22. The largest absolute Gasteiger partial charge is 0.383 e. The molecule has 1 unspecified atom stereocenters. The number of guanidine groups is 1. The Morgan fingerprint density at radius 3 is 2.44 bits per heavy atom. The van der Waals surface area contributed by atoms with Gasteiger partial charge in [0.15, 0.2) is 0 Å². The minimum absolute atomic E-state index is 0.174. The number of hydrazine groups is 1. The van der Waals surface area contributed by atoms with E-state index in [-0.39, 0.29) is 5.41 Å². The van der Waals surface area contributed by atoms with E-state index < -0.39 is 0 Å². The maximum absolute atomic E-state index is 5.47. The average molecular weight is 230 g/mol. The average Bonchev–Trinajstić information content (AvgIpc) is 2.21. The molecule has 1 atom stereocenters. The van der Waals surface area contributed by atoms with Crippen molar-refractivity contribution < 1.29 is 4.74 Å². The molecular weight excluding hydrogens is 204 g/mol. The molecule has 0 aromatic heterocycles. The molecule has 0 heterocycles. The van der Waals surface area contributed by atoms with Crippen molar-refractivity contribution >= 4 is 5.96 Å². The van der Waals surface area contributed by atoms with Crippen LogP contribution < -0.4 is 11.3 Å². The van der Waals surface area contributed by atoms with Crippen LogP contribution in [-0.2, 0) is 4.74 Å². The van der Waals surface area contributed by atoms with E-state index in [0.717, 1.165) is 0 Å². The van der Waals surface area contributed by atoms with Crippen molar-refractivity contribution in [2.45, 2.75) is 33.7 Å². The number of hydrogen-bond acceptors (Lipinski definition) is 3. The van der Waals surface area contributed by atoms with E-state index >= 15 is 0 Å². The molecule has 0 amide bonds. The highest BCUT2D eigenvalue weighted by atomic mass is 16.5. The summed E-state index contributed by atoms with van der Waals surface area (Å²) in [5.41, 5.74) is 2.81. The first-order valence-electron chi connectivity index (χ1n) is 5.57. The summed E-state index contributed by atoms with van der Waals surface area (Å²) in [7, 11) is 3.65. The summed E-state index contributed by atoms with van der Waals surface area (Å²) in [6, 6.07) is 0.338. The molecule has 5 nitrogen and oxygen atoms in total. The van der Waals surface area contributed by atoms with E-state index in [9.17, 15) is 0 Å². The molecule has 0 aliphatic rings. The first-order valence-corrected chi connectivity index (χ1v) is 5.57. The third-order valence-electron chi connectivity index (χ3n) is 2.85. The van der Waals surface area contributed by atoms with Crippen LogP contribution in [0, 0.1) is 5.41 Å².